The largest absolute Gasteiger partial charge is 0.454 e. The molecular formula is C17H14N4O4S2. The summed E-state index contributed by atoms with van der Waals surface area (Å²) in [7, 11) is -3.30. The van der Waals surface area contributed by atoms with Crippen LogP contribution in [-0.2, 0) is 16.4 Å². The van der Waals surface area contributed by atoms with Crippen molar-refractivity contribution in [1.29, 1.82) is 0 Å². The van der Waals surface area contributed by atoms with Crippen LogP contribution in [0.5, 0.6) is 0 Å². The van der Waals surface area contributed by atoms with Gasteiger partial charge in [-0.2, -0.15) is 5.10 Å². The average Bonchev–Trinajstić information content (AvgIpc) is 3.33. The van der Waals surface area contributed by atoms with E-state index in [0.29, 0.717) is 27.7 Å². The highest BCUT2D eigenvalue weighted by Crippen LogP contribution is 2.28. The molecule has 1 aromatic carbocycles. The fraction of sp³-hybridized carbons (Fsp3) is 0.118. The predicted molar refractivity (Wildman–Crippen MR) is 101 cm³/mol. The molecule has 0 aliphatic heterocycles. The molecule has 0 aliphatic carbocycles. The standard InChI is InChI=1S/C17H14N4O4S2/c1-27(23,24)12-4-5-13-15(9-12)26-17(19-13)20-16(22)14-6-3-11(25-14)10-21-8-2-7-18-21/h2-9H,10H2,1H3,(H,19,20,22). The van der Waals surface area contributed by atoms with Gasteiger partial charge in [0, 0.05) is 18.6 Å². The minimum absolute atomic E-state index is 0.160. The van der Waals surface area contributed by atoms with E-state index < -0.39 is 15.7 Å². The summed E-state index contributed by atoms with van der Waals surface area (Å²) in [6, 6.07) is 9.77. The van der Waals surface area contributed by atoms with Gasteiger partial charge >= 0.3 is 0 Å². The monoisotopic (exact) mass is 402 g/mol. The molecule has 0 saturated heterocycles. The molecule has 0 saturated carbocycles. The summed E-state index contributed by atoms with van der Waals surface area (Å²) in [6.45, 7) is 0.426. The maximum absolute atomic E-state index is 12.4. The fourth-order valence-electron chi connectivity index (χ4n) is 2.49. The number of aromatic nitrogens is 3. The summed E-state index contributed by atoms with van der Waals surface area (Å²) < 4.78 is 31.2. The second-order valence-corrected chi connectivity index (χ2v) is 8.89. The number of benzene rings is 1. The van der Waals surface area contributed by atoms with Crippen molar-refractivity contribution in [2.45, 2.75) is 11.4 Å². The highest BCUT2D eigenvalue weighted by atomic mass is 32.2. The predicted octanol–water partition coefficient (Wildman–Crippen LogP) is 2.79. The number of fused-ring (bicyclic) bond motifs is 1. The van der Waals surface area contributed by atoms with Gasteiger partial charge in [0.2, 0.25) is 0 Å². The number of nitrogens with one attached hydrogen (secondary N) is 1. The van der Waals surface area contributed by atoms with Gasteiger partial charge < -0.3 is 4.42 Å². The highest BCUT2D eigenvalue weighted by Gasteiger charge is 2.15. The van der Waals surface area contributed by atoms with Crippen molar-refractivity contribution in [2.75, 3.05) is 11.6 Å². The van der Waals surface area contributed by atoms with Gasteiger partial charge in [0.15, 0.2) is 20.7 Å². The van der Waals surface area contributed by atoms with Gasteiger partial charge in [-0.25, -0.2) is 13.4 Å². The molecule has 8 nitrogen and oxygen atoms in total. The Labute approximate surface area is 158 Å². The van der Waals surface area contributed by atoms with Gasteiger partial charge in [-0.1, -0.05) is 11.3 Å². The van der Waals surface area contributed by atoms with Crippen LogP contribution in [0.2, 0.25) is 0 Å². The van der Waals surface area contributed by atoms with E-state index in [9.17, 15) is 13.2 Å². The second-order valence-electron chi connectivity index (χ2n) is 5.84. The number of amides is 1. The van der Waals surface area contributed by atoms with Crippen LogP contribution in [0.15, 0.2) is 58.1 Å². The first-order chi connectivity index (χ1) is 12.9. The highest BCUT2D eigenvalue weighted by molar-refractivity contribution is 7.90. The molecule has 0 atom stereocenters. The molecular weight excluding hydrogens is 388 g/mol. The lowest BCUT2D eigenvalue weighted by Gasteiger charge is -1.99. The summed E-state index contributed by atoms with van der Waals surface area (Å²) in [5.74, 6) is 0.336. The number of rotatable bonds is 5. The maximum atomic E-state index is 12.4. The third kappa shape index (κ3) is 3.76. The Hall–Kier alpha value is -2.98. The first-order valence-electron chi connectivity index (χ1n) is 7.87. The van der Waals surface area contributed by atoms with Gasteiger partial charge in [-0.3, -0.25) is 14.8 Å². The lowest BCUT2D eigenvalue weighted by molar-refractivity contribution is 0.0994. The van der Waals surface area contributed by atoms with Crippen molar-refractivity contribution in [1.82, 2.24) is 14.8 Å². The van der Waals surface area contributed by atoms with E-state index in [0.717, 1.165) is 6.26 Å². The zero-order valence-electron chi connectivity index (χ0n) is 14.1. The van der Waals surface area contributed by atoms with Crippen molar-refractivity contribution in [3.8, 4) is 0 Å². The summed E-state index contributed by atoms with van der Waals surface area (Å²) in [5.41, 5.74) is 0.613. The van der Waals surface area contributed by atoms with E-state index in [-0.39, 0.29) is 10.7 Å². The molecule has 138 valence electrons. The van der Waals surface area contributed by atoms with Crippen LogP contribution >= 0.6 is 11.3 Å². The van der Waals surface area contributed by atoms with E-state index in [1.807, 2.05) is 0 Å². The van der Waals surface area contributed by atoms with Crippen LogP contribution < -0.4 is 5.32 Å². The lowest BCUT2D eigenvalue weighted by Crippen LogP contribution is -2.10. The number of hydrogen-bond donors (Lipinski definition) is 1. The van der Waals surface area contributed by atoms with Gasteiger partial charge in [0.25, 0.3) is 5.91 Å². The van der Waals surface area contributed by atoms with Crippen LogP contribution in [0, 0.1) is 0 Å². The smallest absolute Gasteiger partial charge is 0.293 e. The topological polar surface area (TPSA) is 107 Å². The number of carbonyl (C=O) groups excluding carboxylic acids is 1. The first-order valence-corrected chi connectivity index (χ1v) is 10.6. The Morgan fingerprint density at radius 3 is 2.89 bits per heavy atom. The van der Waals surface area contributed by atoms with Gasteiger partial charge in [0.1, 0.15) is 5.76 Å². The van der Waals surface area contributed by atoms with Crippen molar-refractivity contribution < 1.29 is 17.6 Å². The molecule has 0 aliphatic rings. The fourth-order valence-corrected chi connectivity index (χ4v) is 4.11. The number of sulfone groups is 1. The lowest BCUT2D eigenvalue weighted by atomic mass is 10.3. The van der Waals surface area contributed by atoms with Crippen molar-refractivity contribution in [2.24, 2.45) is 0 Å². The van der Waals surface area contributed by atoms with Crippen molar-refractivity contribution >= 4 is 42.4 Å². The molecule has 0 unspecified atom stereocenters. The Morgan fingerprint density at radius 1 is 1.30 bits per heavy atom. The Bertz CT molecular complexity index is 1220. The number of furan rings is 1. The van der Waals surface area contributed by atoms with Gasteiger partial charge in [0.05, 0.1) is 21.7 Å². The van der Waals surface area contributed by atoms with E-state index in [1.165, 1.54) is 17.4 Å². The second kappa shape index (κ2) is 6.63. The zero-order chi connectivity index (χ0) is 19.0. The molecule has 1 amide bonds. The summed E-state index contributed by atoms with van der Waals surface area (Å²) in [5, 5.41) is 7.13. The normalized spacial score (nSPS) is 11.7. The molecule has 27 heavy (non-hydrogen) atoms. The van der Waals surface area contributed by atoms with Crippen LogP contribution in [0.4, 0.5) is 5.13 Å². The minimum Gasteiger partial charge on any atom is -0.454 e. The molecule has 0 bridgehead atoms. The third-order valence-corrected chi connectivity index (χ3v) is 5.81. The Balaban J connectivity index is 1.52. The molecule has 1 N–H and O–H groups in total. The molecule has 0 fully saturated rings. The number of nitrogens with zero attached hydrogens (tertiary/aromatic N) is 3. The van der Waals surface area contributed by atoms with E-state index in [4.69, 9.17) is 4.42 Å². The molecule has 4 aromatic rings. The Morgan fingerprint density at radius 2 is 2.15 bits per heavy atom. The summed E-state index contributed by atoms with van der Waals surface area (Å²) >= 11 is 1.20. The third-order valence-electron chi connectivity index (χ3n) is 3.77. The number of thiazole rings is 1. The molecule has 0 radical (unpaired) electrons. The quantitative estimate of drug-likeness (QED) is 0.550. The minimum atomic E-state index is -3.30. The first kappa shape index (κ1) is 17.4. The number of carbonyl (C=O) groups is 1. The van der Waals surface area contributed by atoms with Crippen LogP contribution in [0.3, 0.4) is 0 Å². The van der Waals surface area contributed by atoms with Crippen molar-refractivity contribution in [3.63, 3.8) is 0 Å². The van der Waals surface area contributed by atoms with Gasteiger partial charge in [-0.15, -0.1) is 0 Å². The van der Waals surface area contributed by atoms with E-state index in [1.54, 1.807) is 47.4 Å². The maximum Gasteiger partial charge on any atom is 0.293 e. The zero-order valence-corrected chi connectivity index (χ0v) is 15.8. The average molecular weight is 402 g/mol. The van der Waals surface area contributed by atoms with Crippen LogP contribution in [0.1, 0.15) is 16.3 Å². The summed E-state index contributed by atoms with van der Waals surface area (Å²) in [6.07, 6.45) is 4.61. The molecule has 3 heterocycles. The van der Waals surface area contributed by atoms with Crippen molar-refractivity contribution in [3.05, 3.63) is 60.3 Å². The molecule has 0 spiro atoms. The van der Waals surface area contributed by atoms with E-state index in [2.05, 4.69) is 15.4 Å². The molecule has 3 aromatic heterocycles. The van der Waals surface area contributed by atoms with Crippen LogP contribution in [-0.4, -0.2) is 35.3 Å². The van der Waals surface area contributed by atoms with Gasteiger partial charge in [-0.05, 0) is 36.4 Å². The SMILES string of the molecule is CS(=O)(=O)c1ccc2nc(NC(=O)c3ccc(Cn4cccn4)o3)sc2c1. The Kier molecular flexibility index (Phi) is 4.28. The molecule has 10 heteroatoms. The summed E-state index contributed by atoms with van der Waals surface area (Å²) in [4.78, 5) is 16.9. The number of hydrogen-bond acceptors (Lipinski definition) is 7. The van der Waals surface area contributed by atoms with Crippen LogP contribution in [0.25, 0.3) is 10.2 Å². The molecule has 4 rings (SSSR count). The number of anilines is 1. The van der Waals surface area contributed by atoms with E-state index >= 15 is 0 Å².